The average Bonchev–Trinajstić information content (AvgIpc) is 2.59. The molecule has 0 saturated carbocycles. The molecule has 0 aliphatic carbocycles. The third-order valence-corrected chi connectivity index (χ3v) is 5.17. The monoisotopic (exact) mass is 404 g/mol. The highest BCUT2D eigenvalue weighted by atomic mass is 32.2. The molecule has 0 fully saturated rings. The summed E-state index contributed by atoms with van der Waals surface area (Å²) in [5.41, 5.74) is -0.413. The molecule has 2 N–H and O–H groups in total. The molecule has 0 bridgehead atoms. The molecule has 10 heteroatoms. The molecule has 0 saturated heterocycles. The quantitative estimate of drug-likeness (QED) is 0.727. The zero-order valence-corrected chi connectivity index (χ0v) is 14.9. The van der Waals surface area contributed by atoms with E-state index in [0.29, 0.717) is 5.56 Å². The fraction of sp³-hybridized carbons (Fsp3) is 0.235. The van der Waals surface area contributed by atoms with Crippen molar-refractivity contribution in [1.29, 1.82) is 0 Å². The zero-order valence-electron chi connectivity index (χ0n) is 14.0. The van der Waals surface area contributed by atoms with Crippen molar-refractivity contribution >= 4 is 15.9 Å². The molecule has 5 nitrogen and oxygen atoms in total. The van der Waals surface area contributed by atoms with E-state index in [1.54, 1.807) is 0 Å². The van der Waals surface area contributed by atoms with E-state index < -0.39 is 44.4 Å². The molecule has 0 aliphatic heterocycles. The molecule has 0 aliphatic rings. The smallest absolute Gasteiger partial charge is 0.351 e. The van der Waals surface area contributed by atoms with Gasteiger partial charge in [0.05, 0.1) is 11.6 Å². The van der Waals surface area contributed by atoms with E-state index in [0.717, 1.165) is 24.3 Å². The van der Waals surface area contributed by atoms with E-state index >= 15 is 0 Å². The van der Waals surface area contributed by atoms with Gasteiger partial charge in [0.15, 0.2) is 0 Å². The third-order valence-electron chi connectivity index (χ3n) is 3.60. The first-order valence-corrected chi connectivity index (χ1v) is 9.20. The number of carbonyl (C=O) groups excluding carboxylic acids is 1. The van der Waals surface area contributed by atoms with Crippen LogP contribution in [-0.4, -0.2) is 20.4 Å². The normalized spacial score (nSPS) is 13.2. The molecule has 146 valence electrons. The van der Waals surface area contributed by atoms with Crippen LogP contribution >= 0.6 is 0 Å². The van der Waals surface area contributed by atoms with Gasteiger partial charge < -0.3 is 5.32 Å². The van der Waals surface area contributed by atoms with Crippen LogP contribution in [0, 0.1) is 5.82 Å². The van der Waals surface area contributed by atoms with Gasteiger partial charge in [-0.3, -0.25) is 4.79 Å². The predicted molar refractivity (Wildman–Crippen MR) is 89.5 cm³/mol. The highest BCUT2D eigenvalue weighted by Crippen LogP contribution is 2.29. The molecule has 0 heterocycles. The second-order valence-electron chi connectivity index (χ2n) is 5.69. The first kappa shape index (κ1) is 20.8. The fourth-order valence-electron chi connectivity index (χ4n) is 2.17. The van der Waals surface area contributed by atoms with Crippen molar-refractivity contribution in [1.82, 2.24) is 10.0 Å². The molecular formula is C17H16F4N2O3S. The van der Waals surface area contributed by atoms with Crippen molar-refractivity contribution in [2.45, 2.75) is 30.6 Å². The third kappa shape index (κ3) is 5.51. The zero-order chi connectivity index (χ0) is 20.2. The second-order valence-corrected chi connectivity index (χ2v) is 7.37. The molecule has 0 spiro atoms. The molecule has 1 amide bonds. The maximum absolute atomic E-state index is 13.6. The largest absolute Gasteiger partial charge is 0.416 e. The molecule has 2 aromatic rings. The number of hydrogen-bond donors (Lipinski definition) is 2. The van der Waals surface area contributed by atoms with Crippen LogP contribution in [0.15, 0.2) is 53.4 Å². The number of halogens is 4. The Kier molecular flexibility index (Phi) is 6.22. The van der Waals surface area contributed by atoms with Gasteiger partial charge in [-0.2, -0.15) is 17.9 Å². The lowest BCUT2D eigenvalue weighted by Crippen LogP contribution is -2.44. The fourth-order valence-corrected chi connectivity index (χ4v) is 3.45. The number of alkyl halides is 3. The lowest BCUT2D eigenvalue weighted by atomic mass is 10.1. The number of benzene rings is 2. The van der Waals surface area contributed by atoms with E-state index in [4.69, 9.17) is 0 Å². The van der Waals surface area contributed by atoms with Gasteiger partial charge in [0.25, 0.3) is 0 Å². The van der Waals surface area contributed by atoms with Crippen LogP contribution in [0.25, 0.3) is 0 Å². The van der Waals surface area contributed by atoms with Crippen LogP contribution in [-0.2, 0) is 27.5 Å². The number of nitrogens with one attached hydrogen (secondary N) is 2. The van der Waals surface area contributed by atoms with E-state index in [2.05, 4.69) is 5.32 Å². The number of rotatable bonds is 6. The molecule has 0 aromatic heterocycles. The Labute approximate surface area is 153 Å². The van der Waals surface area contributed by atoms with Gasteiger partial charge in [0.2, 0.25) is 15.9 Å². The summed E-state index contributed by atoms with van der Waals surface area (Å²) >= 11 is 0. The van der Waals surface area contributed by atoms with Gasteiger partial charge in [0.1, 0.15) is 10.7 Å². The Morgan fingerprint density at radius 2 is 1.67 bits per heavy atom. The minimum Gasteiger partial charge on any atom is -0.351 e. The summed E-state index contributed by atoms with van der Waals surface area (Å²) < 4.78 is 77.5. The van der Waals surface area contributed by atoms with Gasteiger partial charge >= 0.3 is 6.18 Å². The SMILES string of the molecule is CC(NS(=O)(=O)c1ccccc1F)C(=O)NCc1ccc(C(F)(F)F)cc1. The summed E-state index contributed by atoms with van der Waals surface area (Å²) in [5.74, 6) is -1.67. The number of amides is 1. The van der Waals surface area contributed by atoms with Gasteiger partial charge in [-0.05, 0) is 36.8 Å². The summed E-state index contributed by atoms with van der Waals surface area (Å²) in [6, 6.07) is 7.66. The van der Waals surface area contributed by atoms with Crippen LogP contribution in [0.4, 0.5) is 17.6 Å². The predicted octanol–water partition coefficient (Wildman–Crippen LogP) is 2.83. The molecule has 1 unspecified atom stereocenters. The second kappa shape index (κ2) is 8.05. The first-order valence-electron chi connectivity index (χ1n) is 7.71. The lowest BCUT2D eigenvalue weighted by molar-refractivity contribution is -0.137. The highest BCUT2D eigenvalue weighted by Gasteiger charge is 2.30. The maximum atomic E-state index is 13.6. The van der Waals surface area contributed by atoms with E-state index in [1.807, 2.05) is 4.72 Å². The van der Waals surface area contributed by atoms with Crippen LogP contribution in [0.3, 0.4) is 0 Å². The van der Waals surface area contributed by atoms with Gasteiger partial charge in [-0.25, -0.2) is 12.8 Å². The minimum atomic E-state index is -4.46. The Bertz CT molecular complexity index is 913. The minimum absolute atomic E-state index is 0.0945. The van der Waals surface area contributed by atoms with Crippen LogP contribution in [0.5, 0.6) is 0 Å². The topological polar surface area (TPSA) is 75.3 Å². The van der Waals surface area contributed by atoms with Crippen molar-refractivity contribution in [3.63, 3.8) is 0 Å². The molecule has 27 heavy (non-hydrogen) atoms. The number of carbonyl (C=O) groups is 1. The lowest BCUT2D eigenvalue weighted by Gasteiger charge is -2.15. The van der Waals surface area contributed by atoms with E-state index in [9.17, 15) is 30.8 Å². The summed E-state index contributed by atoms with van der Waals surface area (Å²) in [4.78, 5) is 11.4. The molecular weight excluding hydrogens is 388 g/mol. The summed E-state index contributed by atoms with van der Waals surface area (Å²) in [6.45, 7) is 1.17. The summed E-state index contributed by atoms with van der Waals surface area (Å²) in [7, 11) is -4.25. The van der Waals surface area contributed by atoms with Gasteiger partial charge in [-0.1, -0.05) is 24.3 Å². The standard InChI is InChI=1S/C17H16F4N2O3S/c1-11(23-27(25,26)15-5-3-2-4-14(15)18)16(24)22-10-12-6-8-13(9-7-12)17(19,20)21/h2-9,11,23H,10H2,1H3,(H,22,24). The van der Waals surface area contributed by atoms with Crippen LogP contribution in [0.1, 0.15) is 18.1 Å². The van der Waals surface area contributed by atoms with E-state index in [1.165, 1.54) is 31.2 Å². The van der Waals surface area contributed by atoms with Crippen molar-refractivity contribution in [2.24, 2.45) is 0 Å². The molecule has 2 rings (SSSR count). The van der Waals surface area contributed by atoms with Crippen molar-refractivity contribution in [3.05, 3.63) is 65.5 Å². The Hall–Kier alpha value is -2.46. The number of hydrogen-bond acceptors (Lipinski definition) is 3. The Balaban J connectivity index is 1.97. The van der Waals surface area contributed by atoms with E-state index in [-0.39, 0.29) is 6.54 Å². The Morgan fingerprint density at radius 3 is 2.22 bits per heavy atom. The Morgan fingerprint density at radius 1 is 1.07 bits per heavy atom. The summed E-state index contributed by atoms with van der Waals surface area (Å²) in [6.07, 6.45) is -4.46. The van der Waals surface area contributed by atoms with Crippen LogP contribution in [0.2, 0.25) is 0 Å². The molecule has 2 aromatic carbocycles. The van der Waals surface area contributed by atoms with Crippen molar-refractivity contribution < 1.29 is 30.8 Å². The molecule has 0 radical (unpaired) electrons. The maximum Gasteiger partial charge on any atom is 0.416 e. The highest BCUT2D eigenvalue weighted by molar-refractivity contribution is 7.89. The summed E-state index contributed by atoms with van der Waals surface area (Å²) in [5, 5.41) is 2.40. The van der Waals surface area contributed by atoms with Crippen molar-refractivity contribution in [3.8, 4) is 0 Å². The van der Waals surface area contributed by atoms with Gasteiger partial charge in [0, 0.05) is 6.54 Å². The molecule has 1 atom stereocenters. The van der Waals surface area contributed by atoms with Crippen LogP contribution < -0.4 is 10.0 Å². The average molecular weight is 404 g/mol. The van der Waals surface area contributed by atoms with Gasteiger partial charge in [-0.15, -0.1) is 0 Å². The van der Waals surface area contributed by atoms with Crippen molar-refractivity contribution in [2.75, 3.05) is 0 Å². The first-order chi connectivity index (χ1) is 12.5. The number of sulfonamides is 1.